The van der Waals surface area contributed by atoms with Gasteiger partial charge in [-0.1, -0.05) is 36.4 Å². The van der Waals surface area contributed by atoms with Crippen molar-refractivity contribution in [3.05, 3.63) is 76.7 Å². The van der Waals surface area contributed by atoms with E-state index in [0.29, 0.717) is 33.5 Å². The van der Waals surface area contributed by atoms with Crippen molar-refractivity contribution < 1.29 is 33.8 Å². The predicted molar refractivity (Wildman–Crippen MR) is 142 cm³/mol. The minimum absolute atomic E-state index is 0.190. The smallest absolute Gasteiger partial charge is 0.320 e. The summed E-state index contributed by atoms with van der Waals surface area (Å²) >= 11 is 1.05. The molecular weight excluding hydrogens is 512 g/mol. The monoisotopic (exact) mass is 540 g/mol. The van der Waals surface area contributed by atoms with Crippen LogP contribution in [0.4, 0.5) is 9.80 Å². The summed E-state index contributed by atoms with van der Waals surface area (Å²) < 4.78 is 10.4. The second kappa shape index (κ2) is 13.7. The van der Waals surface area contributed by atoms with Crippen LogP contribution in [0.3, 0.4) is 0 Å². The summed E-state index contributed by atoms with van der Waals surface area (Å²) in [5.41, 5.74) is 1.37. The van der Waals surface area contributed by atoms with E-state index in [-0.39, 0.29) is 13.1 Å². The van der Waals surface area contributed by atoms with Crippen molar-refractivity contribution in [3.8, 4) is 11.5 Å². The molecule has 0 aliphatic heterocycles. The standard InChI is InChI=1S/C26H28N4O7S/c1-36-19-9-8-17(12-20(19)37-2)18(25(33)34)14-27-22(31)15-28-24(32)21-10-11-23(38-21)30-26(35)29-13-16-6-4-3-5-7-16/h3-12,18H,13-15H2,1-2H3,(H,27,31)(H,28,32)(H,33,34)(H2,29,30,35). The number of urea groups is 1. The van der Waals surface area contributed by atoms with Gasteiger partial charge in [-0.15, -0.1) is 11.3 Å². The molecule has 4 amide bonds. The van der Waals surface area contributed by atoms with Crippen molar-refractivity contribution in [2.75, 3.05) is 32.6 Å². The maximum atomic E-state index is 12.4. The first kappa shape index (κ1) is 28.0. The fourth-order valence-electron chi connectivity index (χ4n) is 3.40. The lowest BCUT2D eigenvalue weighted by molar-refractivity contribution is -0.138. The van der Waals surface area contributed by atoms with Crippen LogP contribution in [0.25, 0.3) is 0 Å². The number of carboxylic acid groups (broad SMARTS) is 1. The summed E-state index contributed by atoms with van der Waals surface area (Å²) in [6.45, 7) is -0.185. The van der Waals surface area contributed by atoms with Crippen molar-refractivity contribution in [2.45, 2.75) is 12.5 Å². The van der Waals surface area contributed by atoms with Gasteiger partial charge in [0.05, 0.1) is 36.6 Å². The van der Waals surface area contributed by atoms with Crippen molar-refractivity contribution >= 4 is 40.2 Å². The highest BCUT2D eigenvalue weighted by molar-refractivity contribution is 7.18. The Labute approximate surface area is 223 Å². The van der Waals surface area contributed by atoms with Gasteiger partial charge in [0.15, 0.2) is 11.5 Å². The number of methoxy groups -OCH3 is 2. The van der Waals surface area contributed by atoms with E-state index in [4.69, 9.17) is 9.47 Å². The van der Waals surface area contributed by atoms with E-state index < -0.39 is 29.7 Å². The number of rotatable bonds is 12. The van der Waals surface area contributed by atoms with Crippen LogP contribution < -0.4 is 30.7 Å². The Hall–Kier alpha value is -4.58. The Morgan fingerprint density at radius 1 is 0.895 bits per heavy atom. The quantitative estimate of drug-likeness (QED) is 0.237. The van der Waals surface area contributed by atoms with Crippen LogP contribution in [0, 0.1) is 0 Å². The molecule has 0 bridgehead atoms. The molecular formula is C26H28N4O7S. The molecule has 11 nitrogen and oxygen atoms in total. The molecule has 200 valence electrons. The maximum absolute atomic E-state index is 12.4. The van der Waals surface area contributed by atoms with Gasteiger partial charge < -0.3 is 30.5 Å². The number of carbonyl (C=O) groups is 4. The molecule has 0 spiro atoms. The number of carbonyl (C=O) groups excluding carboxylic acids is 3. The number of ether oxygens (including phenoxy) is 2. The van der Waals surface area contributed by atoms with Gasteiger partial charge in [0, 0.05) is 13.1 Å². The SMILES string of the molecule is COc1ccc(C(CNC(=O)CNC(=O)c2ccc(NC(=O)NCc3ccccc3)s2)C(=O)O)cc1OC. The minimum atomic E-state index is -1.13. The number of nitrogens with one attached hydrogen (secondary N) is 4. The molecule has 0 aliphatic carbocycles. The van der Waals surface area contributed by atoms with Crippen LogP contribution in [0.5, 0.6) is 11.5 Å². The maximum Gasteiger partial charge on any atom is 0.320 e. The van der Waals surface area contributed by atoms with Crippen LogP contribution in [-0.2, 0) is 16.1 Å². The molecule has 0 saturated heterocycles. The summed E-state index contributed by atoms with van der Waals surface area (Å²) in [6.07, 6.45) is 0. The highest BCUT2D eigenvalue weighted by Gasteiger charge is 2.22. The minimum Gasteiger partial charge on any atom is -0.493 e. The third-order valence-corrected chi connectivity index (χ3v) is 6.38. The van der Waals surface area contributed by atoms with Gasteiger partial charge >= 0.3 is 12.0 Å². The summed E-state index contributed by atoms with van der Waals surface area (Å²) in [4.78, 5) is 48.9. The van der Waals surface area contributed by atoms with Gasteiger partial charge in [0.1, 0.15) is 0 Å². The molecule has 5 N–H and O–H groups in total. The van der Waals surface area contributed by atoms with Crippen molar-refractivity contribution in [2.24, 2.45) is 0 Å². The molecule has 1 atom stereocenters. The van der Waals surface area contributed by atoms with Crippen LogP contribution in [0.1, 0.15) is 26.7 Å². The molecule has 1 unspecified atom stereocenters. The molecule has 0 saturated carbocycles. The Balaban J connectivity index is 1.46. The average molecular weight is 541 g/mol. The second-order valence-electron chi connectivity index (χ2n) is 7.95. The molecule has 1 aromatic heterocycles. The van der Waals surface area contributed by atoms with Gasteiger partial charge in [-0.2, -0.15) is 0 Å². The largest absolute Gasteiger partial charge is 0.493 e. The Morgan fingerprint density at radius 3 is 2.32 bits per heavy atom. The first-order valence-electron chi connectivity index (χ1n) is 11.5. The highest BCUT2D eigenvalue weighted by atomic mass is 32.1. The van der Waals surface area contributed by atoms with E-state index in [1.54, 1.807) is 18.2 Å². The van der Waals surface area contributed by atoms with Gasteiger partial charge in [0.2, 0.25) is 5.91 Å². The third kappa shape index (κ3) is 7.96. The summed E-state index contributed by atoms with van der Waals surface area (Å²) in [5, 5.41) is 20.5. The Kier molecular flexibility index (Phi) is 10.1. The van der Waals surface area contributed by atoms with Gasteiger partial charge in [-0.25, -0.2) is 4.79 Å². The molecule has 3 rings (SSSR count). The number of anilines is 1. The molecule has 0 fully saturated rings. The summed E-state index contributed by atoms with van der Waals surface area (Å²) in [5.74, 6) is -2.40. The number of carboxylic acids is 1. The van der Waals surface area contributed by atoms with Crippen LogP contribution in [-0.4, -0.2) is 56.2 Å². The zero-order valence-electron chi connectivity index (χ0n) is 20.8. The lowest BCUT2D eigenvalue weighted by atomic mass is 9.98. The van der Waals surface area contributed by atoms with Crippen LogP contribution in [0.15, 0.2) is 60.7 Å². The third-order valence-electron chi connectivity index (χ3n) is 5.38. The van der Waals surface area contributed by atoms with E-state index >= 15 is 0 Å². The molecule has 12 heteroatoms. The van der Waals surface area contributed by atoms with Gasteiger partial charge in [0.25, 0.3) is 5.91 Å². The van der Waals surface area contributed by atoms with Gasteiger partial charge in [-0.3, -0.25) is 19.7 Å². The van der Waals surface area contributed by atoms with E-state index in [1.165, 1.54) is 26.4 Å². The Bertz CT molecular complexity index is 1280. The molecule has 3 aromatic rings. The normalized spacial score (nSPS) is 11.1. The summed E-state index contributed by atoms with van der Waals surface area (Å²) in [7, 11) is 2.91. The molecule has 1 heterocycles. The Morgan fingerprint density at radius 2 is 1.63 bits per heavy atom. The molecule has 2 aromatic carbocycles. The van der Waals surface area contributed by atoms with Gasteiger partial charge in [-0.05, 0) is 35.4 Å². The van der Waals surface area contributed by atoms with Crippen molar-refractivity contribution in [1.29, 1.82) is 0 Å². The average Bonchev–Trinajstić information content (AvgIpc) is 3.39. The number of thiophene rings is 1. The van der Waals surface area contributed by atoms with E-state index in [9.17, 15) is 24.3 Å². The molecule has 38 heavy (non-hydrogen) atoms. The van der Waals surface area contributed by atoms with E-state index in [1.807, 2.05) is 30.3 Å². The van der Waals surface area contributed by atoms with E-state index in [0.717, 1.165) is 16.9 Å². The number of hydrogen-bond donors (Lipinski definition) is 5. The number of aliphatic carboxylic acids is 1. The van der Waals surface area contributed by atoms with Crippen molar-refractivity contribution in [3.63, 3.8) is 0 Å². The first-order valence-corrected chi connectivity index (χ1v) is 12.3. The lowest BCUT2D eigenvalue weighted by Crippen LogP contribution is -2.39. The highest BCUT2D eigenvalue weighted by Crippen LogP contribution is 2.30. The van der Waals surface area contributed by atoms with Crippen LogP contribution in [0.2, 0.25) is 0 Å². The number of hydrogen-bond acceptors (Lipinski definition) is 7. The molecule has 0 aliphatic rings. The molecule has 0 radical (unpaired) electrons. The lowest BCUT2D eigenvalue weighted by Gasteiger charge is -2.16. The fourth-order valence-corrected chi connectivity index (χ4v) is 4.22. The fraction of sp³-hybridized carbons (Fsp3) is 0.231. The van der Waals surface area contributed by atoms with Crippen LogP contribution >= 0.6 is 11.3 Å². The number of amides is 4. The topological polar surface area (TPSA) is 155 Å². The van der Waals surface area contributed by atoms with Crippen molar-refractivity contribution in [1.82, 2.24) is 16.0 Å². The van der Waals surface area contributed by atoms with E-state index in [2.05, 4.69) is 21.3 Å². The zero-order chi connectivity index (χ0) is 27.5. The first-order chi connectivity index (χ1) is 18.3. The zero-order valence-corrected chi connectivity index (χ0v) is 21.6. The summed E-state index contributed by atoms with van der Waals surface area (Å²) in [6, 6.07) is 16.8. The number of benzene rings is 2. The predicted octanol–water partition coefficient (Wildman–Crippen LogP) is 2.80. The second-order valence-corrected chi connectivity index (χ2v) is 9.03.